The van der Waals surface area contributed by atoms with E-state index in [0.717, 1.165) is 11.1 Å². The van der Waals surface area contributed by atoms with E-state index < -0.39 is 11.9 Å². The van der Waals surface area contributed by atoms with Gasteiger partial charge in [0.2, 0.25) is 6.79 Å². The van der Waals surface area contributed by atoms with Crippen LogP contribution in [-0.2, 0) is 20.9 Å². The highest BCUT2D eigenvalue weighted by Gasteiger charge is 2.13. The van der Waals surface area contributed by atoms with Gasteiger partial charge in [-0.2, -0.15) is 0 Å². The van der Waals surface area contributed by atoms with E-state index >= 15 is 0 Å². The number of carbonyl (C=O) groups excluding carboxylic acids is 2. The molecule has 0 aromatic heterocycles. The average Bonchev–Trinajstić information content (AvgIpc) is 3.23. The minimum absolute atomic E-state index is 0.193. The number of benzene rings is 2. The molecule has 0 unspecified atom stereocenters. The Bertz CT molecular complexity index is 939. The van der Waals surface area contributed by atoms with Crippen molar-refractivity contribution in [1.29, 1.82) is 0 Å². The molecule has 8 nitrogen and oxygen atoms in total. The fraction of sp³-hybridized carbons (Fsp3) is 0.273. The molecule has 0 bridgehead atoms. The number of fused-ring (bicyclic) bond motifs is 1. The van der Waals surface area contributed by atoms with Crippen LogP contribution in [0.25, 0.3) is 6.08 Å². The van der Waals surface area contributed by atoms with Gasteiger partial charge in [-0.25, -0.2) is 4.79 Å². The molecular formula is C22H23NO7. The Kier molecular flexibility index (Phi) is 7.15. The summed E-state index contributed by atoms with van der Waals surface area (Å²) >= 11 is 0. The van der Waals surface area contributed by atoms with E-state index in [2.05, 4.69) is 5.32 Å². The van der Waals surface area contributed by atoms with Crippen LogP contribution in [0.3, 0.4) is 0 Å². The van der Waals surface area contributed by atoms with Crippen molar-refractivity contribution >= 4 is 18.0 Å². The first kappa shape index (κ1) is 21.0. The Labute approximate surface area is 174 Å². The fourth-order valence-electron chi connectivity index (χ4n) is 2.72. The summed E-state index contributed by atoms with van der Waals surface area (Å²) in [7, 11) is 1.56. The van der Waals surface area contributed by atoms with Crippen molar-refractivity contribution in [2.24, 2.45) is 0 Å². The molecule has 3 rings (SSSR count). The number of nitrogens with one attached hydrogen (secondary N) is 1. The van der Waals surface area contributed by atoms with Crippen LogP contribution < -0.4 is 24.3 Å². The van der Waals surface area contributed by atoms with Gasteiger partial charge >= 0.3 is 5.97 Å². The summed E-state index contributed by atoms with van der Waals surface area (Å²) in [6, 6.07) is 10.7. The molecule has 30 heavy (non-hydrogen) atoms. The summed E-state index contributed by atoms with van der Waals surface area (Å²) in [5.41, 5.74) is 1.59. The molecule has 0 spiro atoms. The first-order valence-corrected chi connectivity index (χ1v) is 9.40. The van der Waals surface area contributed by atoms with Gasteiger partial charge < -0.3 is 29.0 Å². The van der Waals surface area contributed by atoms with E-state index in [1.165, 1.54) is 6.08 Å². The number of amides is 1. The largest absolute Gasteiger partial charge is 0.493 e. The maximum Gasteiger partial charge on any atom is 0.331 e. The summed E-state index contributed by atoms with van der Waals surface area (Å²) in [4.78, 5) is 23.8. The minimum Gasteiger partial charge on any atom is -0.493 e. The van der Waals surface area contributed by atoms with Gasteiger partial charge in [-0.3, -0.25) is 4.79 Å². The van der Waals surface area contributed by atoms with Crippen LogP contribution in [0.4, 0.5) is 0 Å². The monoisotopic (exact) mass is 413 g/mol. The summed E-state index contributed by atoms with van der Waals surface area (Å²) in [6.07, 6.45) is 2.83. The highest BCUT2D eigenvalue weighted by Crippen LogP contribution is 2.32. The molecule has 8 heteroatoms. The quantitative estimate of drug-likeness (QED) is 0.499. The van der Waals surface area contributed by atoms with Crippen molar-refractivity contribution in [3.8, 4) is 23.0 Å². The predicted molar refractivity (Wildman–Crippen MR) is 109 cm³/mol. The number of hydrogen-bond donors (Lipinski definition) is 1. The summed E-state index contributed by atoms with van der Waals surface area (Å²) in [6.45, 7) is 2.47. The van der Waals surface area contributed by atoms with Crippen molar-refractivity contribution in [3.05, 3.63) is 53.6 Å². The second kappa shape index (κ2) is 10.2. The third kappa shape index (κ3) is 5.66. The number of rotatable bonds is 9. The molecule has 0 saturated heterocycles. The SMILES string of the molecule is CCOc1cc(/C=C/C(=O)OCC(=O)NCc2ccc3c(c2)OCO3)ccc1OC. The van der Waals surface area contributed by atoms with Crippen molar-refractivity contribution in [1.82, 2.24) is 5.32 Å². The van der Waals surface area contributed by atoms with Gasteiger partial charge in [0, 0.05) is 12.6 Å². The number of methoxy groups -OCH3 is 1. The van der Waals surface area contributed by atoms with E-state index in [1.807, 2.05) is 13.0 Å². The molecule has 1 heterocycles. The molecule has 1 aliphatic heterocycles. The summed E-state index contributed by atoms with van der Waals surface area (Å²) in [5, 5.41) is 2.69. The van der Waals surface area contributed by atoms with Crippen molar-refractivity contribution in [3.63, 3.8) is 0 Å². The molecular weight excluding hydrogens is 390 g/mol. The Hall–Kier alpha value is -3.68. The van der Waals surface area contributed by atoms with Crippen molar-refractivity contribution < 1.29 is 33.3 Å². The van der Waals surface area contributed by atoms with E-state index in [1.54, 1.807) is 43.5 Å². The number of hydrogen-bond acceptors (Lipinski definition) is 7. The topological polar surface area (TPSA) is 92.3 Å². The van der Waals surface area contributed by atoms with Crippen LogP contribution in [0, 0.1) is 0 Å². The Morgan fingerprint density at radius 2 is 1.93 bits per heavy atom. The van der Waals surface area contributed by atoms with Gasteiger partial charge in [0.1, 0.15) is 0 Å². The van der Waals surface area contributed by atoms with E-state index in [-0.39, 0.29) is 19.9 Å². The third-order valence-electron chi connectivity index (χ3n) is 4.17. The average molecular weight is 413 g/mol. The molecule has 0 aliphatic carbocycles. The second-order valence-corrected chi connectivity index (χ2v) is 6.25. The fourth-order valence-corrected chi connectivity index (χ4v) is 2.72. The molecule has 158 valence electrons. The highest BCUT2D eigenvalue weighted by atomic mass is 16.7. The smallest absolute Gasteiger partial charge is 0.331 e. The van der Waals surface area contributed by atoms with Gasteiger partial charge in [0.05, 0.1) is 13.7 Å². The summed E-state index contributed by atoms with van der Waals surface area (Å²) in [5.74, 6) is 1.48. The maximum absolute atomic E-state index is 11.9. The molecule has 0 radical (unpaired) electrons. The van der Waals surface area contributed by atoms with Gasteiger partial charge in [0.25, 0.3) is 5.91 Å². The van der Waals surface area contributed by atoms with Crippen molar-refractivity contribution in [2.45, 2.75) is 13.5 Å². The van der Waals surface area contributed by atoms with Crippen LogP contribution >= 0.6 is 0 Å². The lowest BCUT2D eigenvalue weighted by atomic mass is 10.2. The third-order valence-corrected chi connectivity index (χ3v) is 4.17. The van der Waals surface area contributed by atoms with E-state index in [9.17, 15) is 9.59 Å². The molecule has 0 atom stereocenters. The van der Waals surface area contributed by atoms with Crippen LogP contribution in [0.5, 0.6) is 23.0 Å². The van der Waals surface area contributed by atoms with Crippen LogP contribution in [0.15, 0.2) is 42.5 Å². The molecule has 1 N–H and O–H groups in total. The van der Waals surface area contributed by atoms with Crippen molar-refractivity contribution in [2.75, 3.05) is 27.1 Å². The first-order chi connectivity index (χ1) is 14.6. The Morgan fingerprint density at radius 3 is 2.73 bits per heavy atom. The zero-order chi connectivity index (χ0) is 21.3. The van der Waals surface area contributed by atoms with Crippen LogP contribution in [0.1, 0.15) is 18.1 Å². The lowest BCUT2D eigenvalue weighted by Gasteiger charge is -2.09. The Balaban J connectivity index is 1.44. The molecule has 0 saturated carbocycles. The second-order valence-electron chi connectivity index (χ2n) is 6.25. The van der Waals surface area contributed by atoms with Crippen LogP contribution in [0.2, 0.25) is 0 Å². The lowest BCUT2D eigenvalue weighted by Crippen LogP contribution is -2.28. The lowest BCUT2D eigenvalue weighted by molar-refractivity contribution is -0.143. The molecule has 2 aromatic carbocycles. The molecule has 0 fully saturated rings. The molecule has 1 aliphatic rings. The number of carbonyl (C=O) groups is 2. The maximum atomic E-state index is 11.9. The van der Waals surface area contributed by atoms with Gasteiger partial charge in [-0.1, -0.05) is 12.1 Å². The predicted octanol–water partition coefficient (Wildman–Crippen LogP) is 2.70. The Morgan fingerprint density at radius 1 is 1.10 bits per heavy atom. The number of ether oxygens (including phenoxy) is 5. The zero-order valence-corrected chi connectivity index (χ0v) is 16.8. The zero-order valence-electron chi connectivity index (χ0n) is 16.8. The standard InChI is InChI=1S/C22H23NO7/c1-3-27-19-10-15(4-7-17(19)26-2)6-9-22(25)28-13-21(24)23-12-16-5-8-18-20(11-16)30-14-29-18/h4-11H,3,12-14H2,1-2H3,(H,23,24)/b9-6+. The normalized spacial score (nSPS) is 11.9. The number of esters is 1. The van der Waals surface area contributed by atoms with Gasteiger partial charge in [-0.15, -0.1) is 0 Å². The van der Waals surface area contributed by atoms with Gasteiger partial charge in [-0.05, 0) is 48.4 Å². The molecule has 2 aromatic rings. The van der Waals surface area contributed by atoms with Crippen LogP contribution in [-0.4, -0.2) is 39.0 Å². The summed E-state index contributed by atoms with van der Waals surface area (Å²) < 4.78 is 26.2. The van der Waals surface area contributed by atoms with E-state index in [4.69, 9.17) is 23.7 Å². The van der Waals surface area contributed by atoms with Gasteiger partial charge in [0.15, 0.2) is 29.6 Å². The van der Waals surface area contributed by atoms with E-state index in [0.29, 0.717) is 29.6 Å². The minimum atomic E-state index is -0.623. The first-order valence-electron chi connectivity index (χ1n) is 9.40. The molecule has 1 amide bonds. The highest BCUT2D eigenvalue weighted by molar-refractivity contribution is 5.89.